The second-order valence-corrected chi connectivity index (χ2v) is 9.56. The Morgan fingerprint density at radius 1 is 1.10 bits per heavy atom. The van der Waals surface area contributed by atoms with Gasteiger partial charge >= 0.3 is 5.69 Å². The summed E-state index contributed by atoms with van der Waals surface area (Å²) in [5.74, 6) is 0.00786. The number of aromatic amines is 1. The summed E-state index contributed by atoms with van der Waals surface area (Å²) in [4.78, 5) is 17.0. The molecule has 4 aromatic rings. The lowest BCUT2D eigenvalue weighted by Gasteiger charge is -2.26. The number of hydrogen-bond donors (Lipinski definition) is 2. The number of rotatable bonds is 1. The van der Waals surface area contributed by atoms with E-state index in [0.29, 0.717) is 22.2 Å². The lowest BCUT2D eigenvalue weighted by Crippen LogP contribution is -2.37. The van der Waals surface area contributed by atoms with Crippen LogP contribution < -0.4 is 5.69 Å². The van der Waals surface area contributed by atoms with Crippen LogP contribution in [0.5, 0.6) is 5.88 Å². The number of halogens is 2. The van der Waals surface area contributed by atoms with Crippen LogP contribution in [0, 0.1) is 0 Å². The second-order valence-electron chi connectivity index (χ2n) is 8.74. The van der Waals surface area contributed by atoms with E-state index in [9.17, 15) is 9.90 Å². The number of imidazole rings is 1. The van der Waals surface area contributed by atoms with Gasteiger partial charge in [0.1, 0.15) is 6.04 Å². The summed E-state index contributed by atoms with van der Waals surface area (Å²) in [7, 11) is 0. The van der Waals surface area contributed by atoms with Crippen molar-refractivity contribution in [2.45, 2.75) is 38.8 Å². The van der Waals surface area contributed by atoms with Crippen molar-refractivity contribution in [3.8, 4) is 5.88 Å². The molecule has 1 atom stereocenters. The van der Waals surface area contributed by atoms with Gasteiger partial charge in [0.15, 0.2) is 0 Å². The zero-order chi connectivity index (χ0) is 21.4. The van der Waals surface area contributed by atoms with Crippen molar-refractivity contribution in [3.63, 3.8) is 0 Å². The Kier molecular flexibility index (Phi) is 4.15. The van der Waals surface area contributed by atoms with E-state index >= 15 is 0 Å². The summed E-state index contributed by atoms with van der Waals surface area (Å²) in [5, 5.41) is 13.0. The molecule has 0 bridgehead atoms. The SMILES string of the molecule is CC(C)(C)n1c(O)c2n(c1=O)[C@H](c1ccc(Cl)c(Cl)c1)c1[nH]c3ccccc3c1C2. The molecule has 0 unspecified atom stereocenters. The molecule has 2 N–H and O–H groups in total. The molecule has 7 heteroatoms. The fourth-order valence-electron chi connectivity index (χ4n) is 4.53. The third-order valence-electron chi connectivity index (χ3n) is 5.81. The Labute approximate surface area is 183 Å². The lowest BCUT2D eigenvalue weighted by molar-refractivity contribution is 0.315. The molecular formula is C23H21Cl2N3O2. The number of nitrogens with one attached hydrogen (secondary N) is 1. The Balaban J connectivity index is 1.87. The molecule has 0 spiro atoms. The van der Waals surface area contributed by atoms with Gasteiger partial charge in [0.2, 0.25) is 5.88 Å². The normalized spacial score (nSPS) is 16.0. The van der Waals surface area contributed by atoms with Crippen LogP contribution in [0.3, 0.4) is 0 Å². The minimum absolute atomic E-state index is 0.00786. The molecule has 1 aliphatic rings. The first-order valence-corrected chi connectivity index (χ1v) is 10.5. The molecule has 5 rings (SSSR count). The lowest BCUT2D eigenvalue weighted by atomic mass is 9.93. The number of hydrogen-bond acceptors (Lipinski definition) is 2. The zero-order valence-corrected chi connectivity index (χ0v) is 18.3. The van der Waals surface area contributed by atoms with Gasteiger partial charge in [-0.05, 0) is 50.1 Å². The van der Waals surface area contributed by atoms with Crippen molar-refractivity contribution in [2.75, 3.05) is 0 Å². The van der Waals surface area contributed by atoms with Gasteiger partial charge in [-0.25, -0.2) is 4.79 Å². The highest BCUT2D eigenvalue weighted by molar-refractivity contribution is 6.42. The van der Waals surface area contributed by atoms with Gasteiger partial charge < -0.3 is 10.1 Å². The van der Waals surface area contributed by atoms with Crippen LogP contribution in [0.15, 0.2) is 47.3 Å². The van der Waals surface area contributed by atoms with Gasteiger partial charge in [-0.15, -0.1) is 0 Å². The van der Waals surface area contributed by atoms with Gasteiger partial charge in [-0.1, -0.05) is 47.5 Å². The van der Waals surface area contributed by atoms with Gasteiger partial charge in [0.05, 0.1) is 15.7 Å². The van der Waals surface area contributed by atoms with E-state index in [1.165, 1.54) is 4.57 Å². The molecule has 0 amide bonds. The van der Waals surface area contributed by atoms with Crippen LogP contribution in [0.1, 0.15) is 49.3 Å². The van der Waals surface area contributed by atoms with Crippen molar-refractivity contribution < 1.29 is 5.11 Å². The molecule has 0 saturated carbocycles. The summed E-state index contributed by atoms with van der Waals surface area (Å²) in [6, 6.07) is 13.0. The van der Waals surface area contributed by atoms with E-state index in [2.05, 4.69) is 11.1 Å². The molecule has 30 heavy (non-hydrogen) atoms. The highest BCUT2D eigenvalue weighted by atomic mass is 35.5. The van der Waals surface area contributed by atoms with E-state index in [0.717, 1.165) is 27.7 Å². The fraction of sp³-hybridized carbons (Fsp3) is 0.261. The van der Waals surface area contributed by atoms with Crippen LogP contribution in [0.25, 0.3) is 10.9 Å². The largest absolute Gasteiger partial charge is 0.493 e. The summed E-state index contributed by atoms with van der Waals surface area (Å²) in [5.41, 5.74) is 3.60. The van der Waals surface area contributed by atoms with E-state index in [1.807, 2.05) is 45.0 Å². The molecule has 2 aromatic heterocycles. The van der Waals surface area contributed by atoms with Crippen LogP contribution in [-0.2, 0) is 12.0 Å². The van der Waals surface area contributed by atoms with Crippen molar-refractivity contribution >= 4 is 34.1 Å². The summed E-state index contributed by atoms with van der Waals surface area (Å²) in [6.45, 7) is 5.72. The molecule has 154 valence electrons. The van der Waals surface area contributed by atoms with Gasteiger partial charge in [-0.2, -0.15) is 0 Å². The Bertz CT molecular complexity index is 1370. The van der Waals surface area contributed by atoms with Crippen molar-refractivity contribution in [1.29, 1.82) is 0 Å². The third-order valence-corrected chi connectivity index (χ3v) is 6.55. The minimum atomic E-state index is -0.566. The number of aromatic nitrogens is 3. The molecular weight excluding hydrogens is 421 g/mol. The van der Waals surface area contributed by atoms with Crippen molar-refractivity contribution in [1.82, 2.24) is 14.1 Å². The zero-order valence-electron chi connectivity index (χ0n) is 16.8. The Hall–Kier alpha value is -2.63. The molecule has 5 nitrogen and oxygen atoms in total. The number of aromatic hydroxyl groups is 1. The van der Waals surface area contributed by atoms with Crippen molar-refractivity contribution in [2.24, 2.45) is 0 Å². The maximum atomic E-state index is 13.5. The monoisotopic (exact) mass is 441 g/mol. The predicted molar refractivity (Wildman–Crippen MR) is 120 cm³/mol. The van der Waals surface area contributed by atoms with Crippen LogP contribution in [0.4, 0.5) is 0 Å². The summed E-state index contributed by atoms with van der Waals surface area (Å²) >= 11 is 12.5. The third kappa shape index (κ3) is 2.65. The summed E-state index contributed by atoms with van der Waals surface area (Å²) in [6.07, 6.45) is 0.460. The number of nitrogens with zero attached hydrogens (tertiary/aromatic N) is 2. The quantitative estimate of drug-likeness (QED) is 0.363. The number of H-pyrrole nitrogens is 1. The first-order chi connectivity index (χ1) is 14.2. The van der Waals surface area contributed by atoms with Gasteiger partial charge in [-0.3, -0.25) is 9.13 Å². The maximum Gasteiger partial charge on any atom is 0.332 e. The molecule has 0 fully saturated rings. The van der Waals surface area contributed by atoms with E-state index < -0.39 is 11.6 Å². The smallest absolute Gasteiger partial charge is 0.332 e. The highest BCUT2D eigenvalue weighted by Gasteiger charge is 2.37. The average molecular weight is 442 g/mol. The molecule has 0 radical (unpaired) electrons. The highest BCUT2D eigenvalue weighted by Crippen LogP contribution is 2.42. The van der Waals surface area contributed by atoms with Gasteiger partial charge in [0.25, 0.3) is 0 Å². The average Bonchev–Trinajstić information content (AvgIpc) is 3.17. The fourth-order valence-corrected chi connectivity index (χ4v) is 4.83. The number of fused-ring (bicyclic) bond motifs is 4. The second kappa shape index (κ2) is 6.43. The Morgan fingerprint density at radius 2 is 1.83 bits per heavy atom. The molecule has 3 heterocycles. The molecule has 2 aromatic carbocycles. The number of benzene rings is 2. The minimum Gasteiger partial charge on any atom is -0.493 e. The van der Waals surface area contributed by atoms with Crippen LogP contribution in [0.2, 0.25) is 10.0 Å². The van der Waals surface area contributed by atoms with Crippen LogP contribution >= 0.6 is 23.2 Å². The van der Waals surface area contributed by atoms with Crippen molar-refractivity contribution in [3.05, 3.63) is 85.5 Å². The molecule has 0 aliphatic carbocycles. The Morgan fingerprint density at radius 3 is 2.53 bits per heavy atom. The molecule has 1 aliphatic heterocycles. The van der Waals surface area contributed by atoms with Gasteiger partial charge in [0, 0.05) is 28.6 Å². The first-order valence-electron chi connectivity index (χ1n) is 9.78. The topological polar surface area (TPSA) is 62.9 Å². The predicted octanol–water partition coefficient (Wildman–Crippen LogP) is 5.44. The van der Waals surface area contributed by atoms with E-state index in [-0.39, 0.29) is 11.6 Å². The number of para-hydroxylation sites is 1. The molecule has 0 saturated heterocycles. The van der Waals surface area contributed by atoms with E-state index in [4.69, 9.17) is 23.2 Å². The standard InChI is InChI=1S/C23H21Cl2N3O2/c1-23(2,3)28-21(29)18-11-14-13-6-4-5-7-17(13)26-19(14)20(27(18)22(28)30)12-8-9-15(24)16(25)10-12/h4-10,20,26,29H,11H2,1-3H3/t20-/m1/s1. The van der Waals surface area contributed by atoms with E-state index in [1.54, 1.807) is 16.7 Å². The first kappa shape index (κ1) is 19.3. The summed E-state index contributed by atoms with van der Waals surface area (Å²) < 4.78 is 3.14. The maximum absolute atomic E-state index is 13.5. The van der Waals surface area contributed by atoms with Crippen LogP contribution in [-0.4, -0.2) is 19.2 Å².